The number of nitrogens with zero attached hydrogens (tertiary/aromatic N) is 2. The van der Waals surface area contributed by atoms with Gasteiger partial charge in [-0.15, -0.1) is 0 Å². The highest BCUT2D eigenvalue weighted by Gasteiger charge is 2.20. The molecule has 0 saturated heterocycles. The number of aliphatic imine (C=N–C) groups is 1. The van der Waals surface area contributed by atoms with E-state index in [0.717, 1.165) is 19.0 Å². The van der Waals surface area contributed by atoms with Gasteiger partial charge in [0.05, 0.1) is 6.54 Å². The Labute approximate surface area is 146 Å². The molecule has 24 heavy (non-hydrogen) atoms. The summed E-state index contributed by atoms with van der Waals surface area (Å²) in [6.07, 6.45) is 0. The molecular weight excluding hydrogens is 300 g/mol. The molecule has 1 rings (SSSR count). The maximum absolute atomic E-state index is 11.9. The minimum absolute atomic E-state index is 0.0518. The van der Waals surface area contributed by atoms with Crippen molar-refractivity contribution in [3.8, 4) is 0 Å². The molecule has 0 heterocycles. The van der Waals surface area contributed by atoms with Crippen molar-refractivity contribution in [2.45, 2.75) is 41.2 Å². The Morgan fingerprint density at radius 2 is 1.88 bits per heavy atom. The van der Waals surface area contributed by atoms with Crippen molar-refractivity contribution in [3.63, 3.8) is 0 Å². The zero-order chi connectivity index (χ0) is 18.2. The lowest BCUT2D eigenvalue weighted by molar-refractivity contribution is -0.128. The minimum Gasteiger partial charge on any atom is -0.357 e. The Balaban J connectivity index is 2.61. The summed E-state index contributed by atoms with van der Waals surface area (Å²) in [4.78, 5) is 18.6. The van der Waals surface area contributed by atoms with E-state index in [0.29, 0.717) is 13.1 Å². The van der Waals surface area contributed by atoms with Gasteiger partial charge in [0.25, 0.3) is 0 Å². The summed E-state index contributed by atoms with van der Waals surface area (Å²) >= 11 is 0. The van der Waals surface area contributed by atoms with Crippen LogP contribution in [0.1, 0.15) is 38.8 Å². The predicted molar refractivity (Wildman–Crippen MR) is 101 cm³/mol. The van der Waals surface area contributed by atoms with Gasteiger partial charge < -0.3 is 15.5 Å². The largest absolute Gasteiger partial charge is 0.357 e. The van der Waals surface area contributed by atoms with Crippen molar-refractivity contribution in [3.05, 3.63) is 35.4 Å². The van der Waals surface area contributed by atoms with Gasteiger partial charge in [-0.25, -0.2) is 0 Å². The van der Waals surface area contributed by atoms with E-state index in [-0.39, 0.29) is 11.3 Å². The van der Waals surface area contributed by atoms with E-state index in [2.05, 4.69) is 58.6 Å². The molecule has 1 aromatic rings. The fourth-order valence-corrected chi connectivity index (χ4v) is 2.18. The van der Waals surface area contributed by atoms with Crippen molar-refractivity contribution in [1.82, 2.24) is 15.5 Å². The van der Waals surface area contributed by atoms with Crippen LogP contribution in [0.5, 0.6) is 0 Å². The van der Waals surface area contributed by atoms with E-state index in [4.69, 9.17) is 0 Å². The average molecular weight is 332 g/mol. The smallest absolute Gasteiger partial charge is 0.225 e. The Morgan fingerprint density at radius 1 is 1.21 bits per heavy atom. The molecule has 134 valence electrons. The minimum atomic E-state index is -0.365. The van der Waals surface area contributed by atoms with Crippen LogP contribution in [0.3, 0.4) is 0 Å². The lowest BCUT2D eigenvalue weighted by Gasteiger charge is -2.23. The number of carbonyl (C=O) groups excluding carboxylic acids is 1. The molecule has 0 spiro atoms. The van der Waals surface area contributed by atoms with Crippen LogP contribution in [0.4, 0.5) is 0 Å². The molecule has 1 amide bonds. The van der Waals surface area contributed by atoms with E-state index < -0.39 is 0 Å². The van der Waals surface area contributed by atoms with Crippen molar-refractivity contribution < 1.29 is 4.79 Å². The number of guanidine groups is 1. The Morgan fingerprint density at radius 3 is 2.46 bits per heavy atom. The molecule has 2 N–H and O–H groups in total. The van der Waals surface area contributed by atoms with Gasteiger partial charge in [0, 0.05) is 32.1 Å². The van der Waals surface area contributed by atoms with Crippen molar-refractivity contribution >= 4 is 11.9 Å². The first kappa shape index (κ1) is 20.0. The molecule has 0 atom stereocenters. The zero-order valence-electron chi connectivity index (χ0n) is 15.9. The summed E-state index contributed by atoms with van der Waals surface area (Å²) < 4.78 is 0. The number of nitrogens with one attached hydrogen (secondary N) is 2. The average Bonchev–Trinajstić information content (AvgIpc) is 2.51. The van der Waals surface area contributed by atoms with E-state index in [1.165, 1.54) is 11.1 Å². The van der Waals surface area contributed by atoms with Gasteiger partial charge in [0.1, 0.15) is 0 Å². The van der Waals surface area contributed by atoms with Crippen molar-refractivity contribution in [2.24, 2.45) is 10.4 Å². The number of hydrogen-bond donors (Lipinski definition) is 2. The maximum Gasteiger partial charge on any atom is 0.225 e. The molecule has 0 aliphatic rings. The van der Waals surface area contributed by atoms with E-state index in [1.807, 2.05) is 27.8 Å². The van der Waals surface area contributed by atoms with Gasteiger partial charge in [0.15, 0.2) is 5.96 Å². The molecule has 0 aromatic heterocycles. The van der Waals surface area contributed by atoms with E-state index >= 15 is 0 Å². The van der Waals surface area contributed by atoms with Gasteiger partial charge in [0.2, 0.25) is 5.91 Å². The Kier molecular flexibility index (Phi) is 7.75. The van der Waals surface area contributed by atoms with Gasteiger partial charge >= 0.3 is 0 Å². The van der Waals surface area contributed by atoms with E-state index in [9.17, 15) is 4.79 Å². The second-order valence-electron chi connectivity index (χ2n) is 7.02. The van der Waals surface area contributed by atoms with Crippen LogP contribution in [0.25, 0.3) is 0 Å². The normalized spacial score (nSPS) is 12.0. The first-order valence-corrected chi connectivity index (χ1v) is 8.58. The molecule has 1 aromatic carbocycles. The summed E-state index contributed by atoms with van der Waals surface area (Å²) in [6, 6.07) is 8.37. The quantitative estimate of drug-likeness (QED) is 0.478. The fourth-order valence-electron chi connectivity index (χ4n) is 2.18. The van der Waals surface area contributed by atoms with Gasteiger partial charge in [-0.2, -0.15) is 0 Å². The number of carbonyl (C=O) groups is 1. The summed E-state index contributed by atoms with van der Waals surface area (Å²) in [5.74, 6) is 0.904. The van der Waals surface area contributed by atoms with Gasteiger partial charge in [-0.05, 0) is 25.0 Å². The van der Waals surface area contributed by atoms with Crippen LogP contribution in [0.2, 0.25) is 0 Å². The first-order valence-electron chi connectivity index (χ1n) is 8.58. The molecule has 0 unspecified atom stereocenters. The number of rotatable bonds is 6. The molecule has 0 saturated carbocycles. The molecule has 0 aliphatic heterocycles. The van der Waals surface area contributed by atoms with Crippen LogP contribution in [-0.2, 0) is 11.3 Å². The van der Waals surface area contributed by atoms with Crippen LogP contribution >= 0.6 is 0 Å². The third-order valence-corrected chi connectivity index (χ3v) is 3.71. The van der Waals surface area contributed by atoms with Crippen molar-refractivity contribution in [2.75, 3.05) is 26.7 Å². The van der Waals surface area contributed by atoms with Crippen molar-refractivity contribution in [1.29, 1.82) is 0 Å². The lowest BCUT2D eigenvalue weighted by atomic mass is 9.96. The second-order valence-corrected chi connectivity index (χ2v) is 7.02. The molecule has 5 heteroatoms. The van der Waals surface area contributed by atoms with Crippen LogP contribution in [-0.4, -0.2) is 43.4 Å². The number of amides is 1. The zero-order valence-corrected chi connectivity index (χ0v) is 15.9. The topological polar surface area (TPSA) is 56.7 Å². The van der Waals surface area contributed by atoms with Crippen LogP contribution in [0.15, 0.2) is 29.3 Å². The monoisotopic (exact) mass is 332 g/mol. The highest BCUT2D eigenvalue weighted by Crippen LogP contribution is 2.12. The highest BCUT2D eigenvalue weighted by molar-refractivity contribution is 5.81. The molecular formula is C19H32N4O. The number of aryl methyl sites for hydroxylation is 1. The Hall–Kier alpha value is -2.04. The second kappa shape index (κ2) is 9.30. The standard InChI is InChI=1S/C19H32N4O/c1-7-20-18(22-13-12-21-17(24)19(3,4)5)23(6)14-16-11-9-8-10-15(16)2/h8-11H,7,12-14H2,1-6H3,(H,20,22)(H,21,24). The third-order valence-electron chi connectivity index (χ3n) is 3.71. The van der Waals surface area contributed by atoms with Crippen LogP contribution in [0, 0.1) is 12.3 Å². The summed E-state index contributed by atoms with van der Waals surface area (Å²) in [5.41, 5.74) is 2.19. The summed E-state index contributed by atoms with van der Waals surface area (Å²) in [5, 5.41) is 6.23. The molecule has 0 aliphatic carbocycles. The van der Waals surface area contributed by atoms with E-state index in [1.54, 1.807) is 0 Å². The Bertz CT molecular complexity index is 561. The maximum atomic E-state index is 11.9. The van der Waals surface area contributed by atoms with Crippen LogP contribution < -0.4 is 10.6 Å². The summed E-state index contributed by atoms with van der Waals surface area (Å²) in [6.45, 7) is 12.6. The highest BCUT2D eigenvalue weighted by atomic mass is 16.2. The number of benzene rings is 1. The first-order chi connectivity index (χ1) is 11.3. The molecule has 5 nitrogen and oxygen atoms in total. The third kappa shape index (κ3) is 6.60. The lowest BCUT2D eigenvalue weighted by Crippen LogP contribution is -2.40. The molecule has 0 fully saturated rings. The molecule has 0 bridgehead atoms. The number of hydrogen-bond acceptors (Lipinski definition) is 2. The van der Waals surface area contributed by atoms with Gasteiger partial charge in [-0.3, -0.25) is 9.79 Å². The molecule has 0 radical (unpaired) electrons. The summed E-state index contributed by atoms with van der Waals surface area (Å²) in [7, 11) is 2.03. The predicted octanol–water partition coefficient (Wildman–Crippen LogP) is 2.55. The SMILES string of the molecule is CCNC(=NCCNC(=O)C(C)(C)C)N(C)Cc1ccccc1C. The fraction of sp³-hybridized carbons (Fsp3) is 0.579. The van der Waals surface area contributed by atoms with Gasteiger partial charge in [-0.1, -0.05) is 45.0 Å².